The zero-order valence-electron chi connectivity index (χ0n) is 15.5. The third-order valence-corrected chi connectivity index (χ3v) is 7.09. The largest absolute Gasteiger partial charge is 0.355 e. The van der Waals surface area contributed by atoms with Gasteiger partial charge in [0.1, 0.15) is 0 Å². The van der Waals surface area contributed by atoms with Crippen LogP contribution in [0.1, 0.15) is 29.4 Å². The molecule has 2 saturated heterocycles. The Bertz CT molecular complexity index is 780. The minimum Gasteiger partial charge on any atom is -0.355 e. The van der Waals surface area contributed by atoms with Gasteiger partial charge in [-0.25, -0.2) is 0 Å². The van der Waals surface area contributed by atoms with Gasteiger partial charge in [-0.2, -0.15) is 0 Å². The van der Waals surface area contributed by atoms with Crippen molar-refractivity contribution < 1.29 is 4.79 Å². The van der Waals surface area contributed by atoms with Gasteiger partial charge in [-0.15, -0.1) is 21.5 Å². The van der Waals surface area contributed by atoms with E-state index in [1.54, 1.807) is 0 Å². The molecule has 6 nitrogen and oxygen atoms in total. The van der Waals surface area contributed by atoms with Gasteiger partial charge in [0.2, 0.25) is 0 Å². The predicted molar refractivity (Wildman–Crippen MR) is 113 cm³/mol. The zero-order chi connectivity index (χ0) is 18.8. The summed E-state index contributed by atoms with van der Waals surface area (Å²) in [5.41, 5.74) is 0. The summed E-state index contributed by atoms with van der Waals surface area (Å²) in [6, 6.07) is 6.04. The number of piperidine rings is 1. The number of halogens is 1. The fourth-order valence-electron chi connectivity index (χ4n) is 3.61. The SMILES string of the molecule is CC1CCN(c2ccc(N3CCN(C(=O)c4cc(Br)cs4)CC3)nn2)CC1. The van der Waals surface area contributed by atoms with Crippen LogP contribution in [0.2, 0.25) is 0 Å². The van der Waals surface area contributed by atoms with Crippen molar-refractivity contribution in [3.05, 3.63) is 32.9 Å². The van der Waals surface area contributed by atoms with Crippen molar-refractivity contribution >= 4 is 44.8 Å². The number of nitrogens with zero attached hydrogens (tertiary/aromatic N) is 5. The minimum atomic E-state index is 0.117. The number of piperazine rings is 1. The molecular weight excluding hydrogens is 426 g/mol. The van der Waals surface area contributed by atoms with Crippen LogP contribution < -0.4 is 9.80 Å². The van der Waals surface area contributed by atoms with E-state index in [4.69, 9.17) is 0 Å². The third kappa shape index (κ3) is 4.27. The van der Waals surface area contributed by atoms with Gasteiger partial charge in [-0.1, -0.05) is 6.92 Å². The third-order valence-electron chi connectivity index (χ3n) is 5.41. The first-order valence-electron chi connectivity index (χ1n) is 9.47. The number of amides is 1. The molecule has 8 heteroatoms. The van der Waals surface area contributed by atoms with E-state index in [0.29, 0.717) is 13.1 Å². The highest BCUT2D eigenvalue weighted by molar-refractivity contribution is 9.10. The average molecular weight is 450 g/mol. The van der Waals surface area contributed by atoms with Crippen LogP contribution in [0.5, 0.6) is 0 Å². The first-order valence-corrected chi connectivity index (χ1v) is 11.1. The van der Waals surface area contributed by atoms with Gasteiger partial charge in [-0.05, 0) is 52.9 Å². The number of hydrogen-bond donors (Lipinski definition) is 0. The van der Waals surface area contributed by atoms with Crippen molar-refractivity contribution in [1.29, 1.82) is 0 Å². The Labute approximate surface area is 172 Å². The van der Waals surface area contributed by atoms with Crippen LogP contribution in [0.25, 0.3) is 0 Å². The summed E-state index contributed by atoms with van der Waals surface area (Å²) in [7, 11) is 0. The van der Waals surface area contributed by atoms with Crippen molar-refractivity contribution in [2.45, 2.75) is 19.8 Å². The zero-order valence-corrected chi connectivity index (χ0v) is 17.9. The van der Waals surface area contributed by atoms with Crippen molar-refractivity contribution in [1.82, 2.24) is 15.1 Å². The van der Waals surface area contributed by atoms with Gasteiger partial charge in [0.15, 0.2) is 11.6 Å². The second kappa shape index (κ2) is 8.14. The number of aromatic nitrogens is 2. The minimum absolute atomic E-state index is 0.117. The molecule has 27 heavy (non-hydrogen) atoms. The van der Waals surface area contributed by atoms with E-state index in [1.165, 1.54) is 24.2 Å². The Kier molecular flexibility index (Phi) is 5.63. The highest BCUT2D eigenvalue weighted by Gasteiger charge is 2.24. The summed E-state index contributed by atoms with van der Waals surface area (Å²) < 4.78 is 0.966. The number of thiophene rings is 1. The van der Waals surface area contributed by atoms with Crippen LogP contribution in [0.15, 0.2) is 28.1 Å². The molecule has 2 aliphatic rings. The fourth-order valence-corrected chi connectivity index (χ4v) is 5.01. The molecule has 4 rings (SSSR count). The molecule has 0 bridgehead atoms. The number of anilines is 2. The Hall–Kier alpha value is -1.67. The molecule has 0 radical (unpaired) electrons. The molecule has 144 valence electrons. The fraction of sp³-hybridized carbons (Fsp3) is 0.526. The number of hydrogen-bond acceptors (Lipinski definition) is 6. The first kappa shape index (κ1) is 18.7. The molecule has 0 atom stereocenters. The Morgan fingerprint density at radius 2 is 1.63 bits per heavy atom. The summed E-state index contributed by atoms with van der Waals surface area (Å²) in [6.45, 7) is 7.43. The number of rotatable bonds is 3. The maximum atomic E-state index is 12.6. The van der Waals surface area contributed by atoms with Crippen LogP contribution in [0.3, 0.4) is 0 Å². The van der Waals surface area contributed by atoms with E-state index >= 15 is 0 Å². The van der Waals surface area contributed by atoms with Crippen LogP contribution in [0.4, 0.5) is 11.6 Å². The summed E-state index contributed by atoms with van der Waals surface area (Å²) >= 11 is 4.90. The van der Waals surface area contributed by atoms with Gasteiger partial charge >= 0.3 is 0 Å². The summed E-state index contributed by atoms with van der Waals surface area (Å²) in [5, 5.41) is 10.9. The molecule has 2 fully saturated rings. The lowest BCUT2D eigenvalue weighted by Crippen LogP contribution is -2.49. The lowest BCUT2D eigenvalue weighted by atomic mass is 9.99. The monoisotopic (exact) mass is 449 g/mol. The normalized spacial score (nSPS) is 18.8. The van der Waals surface area contributed by atoms with Crippen molar-refractivity contribution in [2.75, 3.05) is 49.1 Å². The molecule has 4 heterocycles. The highest BCUT2D eigenvalue weighted by atomic mass is 79.9. The molecule has 2 aliphatic heterocycles. The van der Waals surface area contributed by atoms with Gasteiger partial charge in [-0.3, -0.25) is 4.79 Å². The Balaban J connectivity index is 1.33. The molecule has 2 aromatic heterocycles. The van der Waals surface area contributed by atoms with Gasteiger partial charge in [0.25, 0.3) is 5.91 Å². The van der Waals surface area contributed by atoms with E-state index in [-0.39, 0.29) is 5.91 Å². The maximum absolute atomic E-state index is 12.6. The van der Waals surface area contributed by atoms with Gasteiger partial charge < -0.3 is 14.7 Å². The van der Waals surface area contributed by atoms with Gasteiger partial charge in [0, 0.05) is 49.1 Å². The molecule has 2 aromatic rings. The molecule has 0 aromatic carbocycles. The van der Waals surface area contributed by atoms with Crippen molar-refractivity contribution in [3.8, 4) is 0 Å². The summed E-state index contributed by atoms with van der Waals surface area (Å²) in [6.07, 6.45) is 2.44. The summed E-state index contributed by atoms with van der Waals surface area (Å²) in [5.74, 6) is 2.80. The van der Waals surface area contributed by atoms with E-state index in [2.05, 4.69) is 55.0 Å². The average Bonchev–Trinajstić information content (AvgIpc) is 3.15. The van der Waals surface area contributed by atoms with E-state index in [9.17, 15) is 4.79 Å². The van der Waals surface area contributed by atoms with Crippen LogP contribution in [-0.2, 0) is 0 Å². The van der Waals surface area contributed by atoms with E-state index < -0.39 is 0 Å². The standard InChI is InChI=1S/C19H24BrN5OS/c1-14-4-6-23(7-5-14)17-2-3-18(22-21-17)24-8-10-25(11-9-24)19(26)16-12-15(20)13-27-16/h2-3,12-14H,4-11H2,1H3. The smallest absolute Gasteiger partial charge is 0.264 e. The van der Waals surface area contributed by atoms with Crippen LogP contribution in [0, 0.1) is 5.92 Å². The van der Waals surface area contributed by atoms with Gasteiger partial charge in [0.05, 0.1) is 4.88 Å². The second-order valence-corrected chi connectivity index (χ2v) is 9.15. The van der Waals surface area contributed by atoms with E-state index in [1.807, 2.05) is 16.3 Å². The number of carbonyl (C=O) groups excluding carboxylic acids is 1. The molecule has 0 spiro atoms. The molecule has 1 amide bonds. The van der Waals surface area contributed by atoms with Crippen LogP contribution >= 0.6 is 27.3 Å². The quantitative estimate of drug-likeness (QED) is 0.717. The molecular formula is C19H24BrN5OS. The maximum Gasteiger partial charge on any atom is 0.264 e. The topological polar surface area (TPSA) is 52.6 Å². The first-order chi connectivity index (χ1) is 13.1. The predicted octanol–water partition coefficient (Wildman–Crippen LogP) is 3.50. The summed E-state index contributed by atoms with van der Waals surface area (Å²) in [4.78, 5) is 19.8. The molecule has 0 unspecified atom stereocenters. The second-order valence-electron chi connectivity index (χ2n) is 7.33. The van der Waals surface area contributed by atoms with Crippen LogP contribution in [-0.4, -0.2) is 60.3 Å². The highest BCUT2D eigenvalue weighted by Crippen LogP contribution is 2.24. The van der Waals surface area contributed by atoms with E-state index in [0.717, 1.165) is 53.1 Å². The lowest BCUT2D eigenvalue weighted by molar-refractivity contribution is 0.0751. The number of carbonyl (C=O) groups is 1. The van der Waals surface area contributed by atoms with Crippen molar-refractivity contribution in [3.63, 3.8) is 0 Å². The Morgan fingerprint density at radius 3 is 2.15 bits per heavy atom. The molecule has 0 aliphatic carbocycles. The Morgan fingerprint density at radius 1 is 1.04 bits per heavy atom. The molecule has 0 N–H and O–H groups in total. The molecule has 0 saturated carbocycles. The lowest BCUT2D eigenvalue weighted by Gasteiger charge is -2.35. The van der Waals surface area contributed by atoms with Crippen molar-refractivity contribution in [2.24, 2.45) is 5.92 Å².